The van der Waals surface area contributed by atoms with E-state index in [2.05, 4.69) is 10.1 Å². The Kier molecular flexibility index (Phi) is 6.51. The van der Waals surface area contributed by atoms with Gasteiger partial charge in [0.25, 0.3) is 5.91 Å². The number of halogens is 1. The molecule has 0 atom stereocenters. The van der Waals surface area contributed by atoms with Gasteiger partial charge in [0.1, 0.15) is 40.7 Å². The zero-order chi connectivity index (χ0) is 27.1. The zero-order valence-electron chi connectivity index (χ0n) is 21.5. The molecular weight excluding hydrogens is 503 g/mol. The Labute approximate surface area is 224 Å². The van der Waals surface area contributed by atoms with E-state index in [9.17, 15) is 9.18 Å². The molecule has 1 aliphatic heterocycles. The summed E-state index contributed by atoms with van der Waals surface area (Å²) in [6.07, 6.45) is 5.46. The molecular formula is C28H29FN6O4. The van der Waals surface area contributed by atoms with Crippen molar-refractivity contribution in [2.45, 2.75) is 44.1 Å². The van der Waals surface area contributed by atoms with E-state index in [1.54, 1.807) is 4.52 Å². The van der Waals surface area contributed by atoms with Gasteiger partial charge in [-0.1, -0.05) is 6.07 Å². The summed E-state index contributed by atoms with van der Waals surface area (Å²) in [6.45, 7) is 1.34. The number of carbonyl (C=O) groups is 1. The van der Waals surface area contributed by atoms with Crippen LogP contribution in [0.3, 0.4) is 0 Å². The number of hydrogen-bond donors (Lipinski definition) is 2. The number of fused-ring (bicyclic) bond motifs is 1. The first kappa shape index (κ1) is 25.1. The summed E-state index contributed by atoms with van der Waals surface area (Å²) in [5.41, 5.74) is 15.2. The van der Waals surface area contributed by atoms with Crippen molar-refractivity contribution in [2.24, 2.45) is 5.73 Å². The number of amides is 1. The molecule has 4 aromatic rings. The fraction of sp³-hybridized carbons (Fsp3) is 0.357. The summed E-state index contributed by atoms with van der Waals surface area (Å²) in [7, 11) is 1.43. The van der Waals surface area contributed by atoms with Gasteiger partial charge in [-0.25, -0.2) is 18.9 Å². The van der Waals surface area contributed by atoms with Crippen LogP contribution >= 0.6 is 0 Å². The molecule has 2 fully saturated rings. The molecule has 39 heavy (non-hydrogen) atoms. The van der Waals surface area contributed by atoms with E-state index in [0.717, 1.165) is 48.7 Å². The van der Waals surface area contributed by atoms with Crippen LogP contribution in [0.25, 0.3) is 16.8 Å². The second kappa shape index (κ2) is 10.1. The van der Waals surface area contributed by atoms with Crippen LogP contribution in [-0.2, 0) is 11.2 Å². The Morgan fingerprint density at radius 2 is 1.97 bits per heavy atom. The third-order valence-corrected chi connectivity index (χ3v) is 7.19. The number of benzene rings is 2. The van der Waals surface area contributed by atoms with E-state index in [1.807, 2.05) is 18.2 Å². The van der Waals surface area contributed by atoms with Gasteiger partial charge >= 0.3 is 0 Å². The Hall–Kier alpha value is -4.25. The Bertz CT molecular complexity index is 1560. The molecule has 0 unspecified atom stereocenters. The van der Waals surface area contributed by atoms with Gasteiger partial charge in [-0.3, -0.25) is 4.79 Å². The Morgan fingerprint density at radius 1 is 1.18 bits per heavy atom. The smallest absolute Gasteiger partial charge is 0.252 e. The van der Waals surface area contributed by atoms with Crippen molar-refractivity contribution >= 4 is 17.2 Å². The van der Waals surface area contributed by atoms with E-state index in [-0.39, 0.29) is 23.3 Å². The molecule has 10 nitrogen and oxygen atoms in total. The highest BCUT2D eigenvalue weighted by molar-refractivity contribution is 5.96. The van der Waals surface area contributed by atoms with E-state index < -0.39 is 11.7 Å². The third-order valence-electron chi connectivity index (χ3n) is 7.19. The molecule has 3 heterocycles. The molecule has 0 radical (unpaired) electrons. The summed E-state index contributed by atoms with van der Waals surface area (Å²) in [4.78, 5) is 21.2. The maximum atomic E-state index is 14.4. The van der Waals surface area contributed by atoms with Gasteiger partial charge < -0.3 is 25.7 Å². The van der Waals surface area contributed by atoms with Gasteiger partial charge in [0.15, 0.2) is 5.82 Å². The lowest BCUT2D eigenvalue weighted by molar-refractivity contribution is 0.0832. The van der Waals surface area contributed by atoms with Crippen molar-refractivity contribution in [1.82, 2.24) is 19.6 Å². The lowest BCUT2D eigenvalue weighted by Gasteiger charge is -2.20. The van der Waals surface area contributed by atoms with Gasteiger partial charge in [0.2, 0.25) is 0 Å². The second-order valence-electron chi connectivity index (χ2n) is 9.95. The van der Waals surface area contributed by atoms with Crippen molar-refractivity contribution in [1.29, 1.82) is 0 Å². The van der Waals surface area contributed by atoms with Crippen LogP contribution in [0, 0.1) is 5.82 Å². The summed E-state index contributed by atoms with van der Waals surface area (Å²) < 4.78 is 33.5. The first-order valence-electron chi connectivity index (χ1n) is 13.0. The number of carbonyl (C=O) groups excluding carboxylic acids is 1. The summed E-state index contributed by atoms with van der Waals surface area (Å²) in [6, 6.07) is 8.20. The average Bonchev–Trinajstić information content (AvgIpc) is 3.66. The largest absolute Gasteiger partial charge is 0.496 e. The Balaban J connectivity index is 1.44. The Morgan fingerprint density at radius 3 is 2.69 bits per heavy atom. The van der Waals surface area contributed by atoms with Crippen LogP contribution < -0.4 is 20.9 Å². The number of methoxy groups -OCH3 is 1. The van der Waals surface area contributed by atoms with Gasteiger partial charge in [-0.05, 0) is 55.5 Å². The number of anilines is 1. The molecule has 202 valence electrons. The molecule has 4 N–H and O–H groups in total. The minimum atomic E-state index is -0.757. The molecule has 6 rings (SSSR count). The summed E-state index contributed by atoms with van der Waals surface area (Å²) >= 11 is 0. The summed E-state index contributed by atoms with van der Waals surface area (Å²) in [5, 5.41) is 4.48. The first-order chi connectivity index (χ1) is 18.9. The van der Waals surface area contributed by atoms with Crippen LogP contribution in [0.4, 0.5) is 10.2 Å². The molecule has 2 aliphatic rings. The molecule has 1 saturated carbocycles. The van der Waals surface area contributed by atoms with E-state index in [0.29, 0.717) is 48.0 Å². The summed E-state index contributed by atoms with van der Waals surface area (Å²) in [5.74, 6) is 0.907. The van der Waals surface area contributed by atoms with Crippen molar-refractivity contribution in [2.75, 3.05) is 26.1 Å². The van der Waals surface area contributed by atoms with Crippen LogP contribution in [-0.4, -0.2) is 51.9 Å². The molecule has 1 saturated heterocycles. The van der Waals surface area contributed by atoms with Gasteiger partial charge in [-0.15, -0.1) is 0 Å². The first-order valence-corrected chi connectivity index (χ1v) is 13.0. The highest BCUT2D eigenvalue weighted by atomic mass is 19.1. The molecule has 2 aromatic carbocycles. The number of nitrogens with zero attached hydrogens (tertiary/aromatic N) is 4. The van der Waals surface area contributed by atoms with E-state index >= 15 is 0 Å². The van der Waals surface area contributed by atoms with Crippen LogP contribution in [0.1, 0.15) is 58.9 Å². The molecule has 1 aliphatic carbocycles. The van der Waals surface area contributed by atoms with Crippen LogP contribution in [0.2, 0.25) is 0 Å². The standard InChI is InChI=1S/C28H29FN6O4/c1-37-25-17(12-18(29)13-21(25)27(31)36)10-15-2-5-20(22(11-15)39-19-3-4-19)23-24-26(30)32-14-33-35(24)28(34-23)16-6-8-38-9-7-16/h2,5,11-14,16,19H,3-4,6-10H2,1H3,(H2,31,36)(H2,30,32,33). The highest BCUT2D eigenvalue weighted by Crippen LogP contribution is 2.40. The SMILES string of the molecule is COc1c(Cc2ccc(-c3nc(C4CCOCC4)n4ncnc(N)c34)c(OC3CC3)c2)cc(F)cc1C(N)=O. The fourth-order valence-corrected chi connectivity index (χ4v) is 5.15. The van der Waals surface area contributed by atoms with Crippen molar-refractivity contribution in [3.05, 3.63) is 65.0 Å². The quantitative estimate of drug-likeness (QED) is 0.351. The van der Waals surface area contributed by atoms with Gasteiger partial charge in [0, 0.05) is 36.7 Å². The topological polar surface area (TPSA) is 140 Å². The predicted molar refractivity (Wildman–Crippen MR) is 141 cm³/mol. The number of primary amides is 1. The number of nitrogens with two attached hydrogens (primary N) is 2. The minimum absolute atomic E-state index is 0.000767. The number of nitrogen functional groups attached to an aromatic ring is 1. The van der Waals surface area contributed by atoms with E-state index in [1.165, 1.54) is 19.5 Å². The molecule has 0 bridgehead atoms. The predicted octanol–water partition coefficient (Wildman–Crippen LogP) is 3.65. The fourth-order valence-electron chi connectivity index (χ4n) is 5.15. The number of rotatable bonds is 8. The second-order valence-corrected chi connectivity index (χ2v) is 9.95. The molecule has 0 spiro atoms. The number of imidazole rings is 1. The number of aromatic nitrogens is 4. The van der Waals surface area contributed by atoms with Gasteiger partial charge in [-0.2, -0.15) is 5.10 Å². The third kappa shape index (κ3) is 4.85. The maximum Gasteiger partial charge on any atom is 0.252 e. The van der Waals surface area contributed by atoms with Crippen LogP contribution in [0.15, 0.2) is 36.7 Å². The van der Waals surface area contributed by atoms with Crippen molar-refractivity contribution in [3.63, 3.8) is 0 Å². The lowest BCUT2D eigenvalue weighted by atomic mass is 9.98. The van der Waals surface area contributed by atoms with Gasteiger partial charge in [0.05, 0.1) is 18.8 Å². The zero-order valence-corrected chi connectivity index (χ0v) is 21.5. The van der Waals surface area contributed by atoms with Crippen molar-refractivity contribution < 1.29 is 23.4 Å². The molecule has 1 amide bonds. The monoisotopic (exact) mass is 532 g/mol. The van der Waals surface area contributed by atoms with Crippen LogP contribution in [0.5, 0.6) is 11.5 Å². The number of ether oxygens (including phenoxy) is 3. The van der Waals surface area contributed by atoms with Crippen molar-refractivity contribution in [3.8, 4) is 22.8 Å². The normalized spacial score (nSPS) is 15.9. The number of hydrogen-bond acceptors (Lipinski definition) is 8. The minimum Gasteiger partial charge on any atom is -0.496 e. The maximum absolute atomic E-state index is 14.4. The highest BCUT2D eigenvalue weighted by Gasteiger charge is 2.29. The lowest BCUT2D eigenvalue weighted by Crippen LogP contribution is -2.17. The molecule has 11 heteroatoms. The van der Waals surface area contributed by atoms with E-state index in [4.69, 9.17) is 30.7 Å². The molecule has 2 aromatic heterocycles. The average molecular weight is 533 g/mol.